The Hall–Kier alpha value is -1.78. The van der Waals surface area contributed by atoms with Gasteiger partial charge in [0.2, 0.25) is 5.95 Å². The van der Waals surface area contributed by atoms with Crippen molar-refractivity contribution in [2.75, 3.05) is 49.8 Å². The van der Waals surface area contributed by atoms with Crippen molar-refractivity contribution in [1.82, 2.24) is 24.8 Å². The Bertz CT molecular complexity index is 869. The van der Waals surface area contributed by atoms with Gasteiger partial charge in [0.1, 0.15) is 6.35 Å². The molecular weight excluding hydrogens is 409 g/mol. The van der Waals surface area contributed by atoms with Crippen LogP contribution in [0.1, 0.15) is 27.7 Å². The number of nitrogens with zero attached hydrogens (tertiary/aromatic N) is 5. The van der Waals surface area contributed by atoms with Gasteiger partial charge >= 0.3 is 7.60 Å². The van der Waals surface area contributed by atoms with Gasteiger partial charge in [-0.2, -0.15) is 9.97 Å². The smallest absolute Gasteiger partial charge is 0.356 e. The molecule has 3 N–H and O–H groups in total. The lowest BCUT2D eigenvalue weighted by Gasteiger charge is -2.28. The van der Waals surface area contributed by atoms with Crippen LogP contribution in [0.25, 0.3) is 11.2 Å². The van der Waals surface area contributed by atoms with Crippen molar-refractivity contribution in [3.8, 4) is 0 Å². The first-order chi connectivity index (χ1) is 14.3. The Morgan fingerprint density at radius 2 is 1.83 bits per heavy atom. The predicted octanol–water partition coefficient (Wildman–Crippen LogP) is 1.84. The number of hydrogen-bond donors (Lipinski definition) is 2. The SMILES string of the molecule is CC(C)OP(=O)(COCCn1cnc2c(N3CCNCC3)nc(N)nc21)OC(C)C. The summed E-state index contributed by atoms with van der Waals surface area (Å²) in [7, 11) is -3.33. The van der Waals surface area contributed by atoms with Crippen molar-refractivity contribution < 1.29 is 18.3 Å². The van der Waals surface area contributed by atoms with E-state index in [1.165, 1.54) is 0 Å². The van der Waals surface area contributed by atoms with Gasteiger partial charge in [0.25, 0.3) is 0 Å². The quantitative estimate of drug-likeness (QED) is 0.416. The second kappa shape index (κ2) is 10.0. The average Bonchev–Trinajstić information content (AvgIpc) is 3.06. The first-order valence-electron chi connectivity index (χ1n) is 10.2. The molecule has 0 spiro atoms. The number of nitrogens with two attached hydrogens (primary N) is 1. The monoisotopic (exact) mass is 441 g/mol. The van der Waals surface area contributed by atoms with Crippen LogP contribution in [0.5, 0.6) is 0 Å². The molecular formula is C18H32N7O4P. The minimum atomic E-state index is -3.33. The zero-order valence-electron chi connectivity index (χ0n) is 18.1. The Kier molecular flexibility index (Phi) is 7.65. The zero-order chi connectivity index (χ0) is 21.7. The van der Waals surface area contributed by atoms with Crippen molar-refractivity contribution in [2.45, 2.75) is 46.4 Å². The van der Waals surface area contributed by atoms with Crippen molar-refractivity contribution in [2.24, 2.45) is 0 Å². The van der Waals surface area contributed by atoms with Crippen LogP contribution in [-0.4, -0.2) is 70.9 Å². The van der Waals surface area contributed by atoms with Gasteiger partial charge in [0.05, 0.1) is 25.1 Å². The standard InChI is InChI=1S/C18H32N7O4P/c1-13(2)28-30(26,29-14(3)4)12-27-10-9-25-11-21-15-16(22-18(19)23-17(15)25)24-7-5-20-6-8-24/h11,13-14,20H,5-10,12H2,1-4H3,(H2,19,22,23). The number of imidazole rings is 1. The average molecular weight is 441 g/mol. The summed E-state index contributed by atoms with van der Waals surface area (Å²) < 4.78 is 31.3. The van der Waals surface area contributed by atoms with E-state index in [1.54, 1.807) is 6.33 Å². The number of piperazine rings is 1. The van der Waals surface area contributed by atoms with E-state index in [1.807, 2.05) is 32.3 Å². The van der Waals surface area contributed by atoms with Gasteiger partial charge in [0.15, 0.2) is 17.0 Å². The minimum Gasteiger partial charge on any atom is -0.368 e. The highest BCUT2D eigenvalue weighted by atomic mass is 31.2. The van der Waals surface area contributed by atoms with Gasteiger partial charge in [-0.05, 0) is 27.7 Å². The summed E-state index contributed by atoms with van der Waals surface area (Å²) >= 11 is 0. The number of anilines is 2. The molecule has 30 heavy (non-hydrogen) atoms. The number of fused-ring (bicyclic) bond motifs is 1. The van der Waals surface area contributed by atoms with Crippen molar-refractivity contribution in [3.63, 3.8) is 0 Å². The van der Waals surface area contributed by atoms with E-state index < -0.39 is 7.60 Å². The van der Waals surface area contributed by atoms with E-state index in [0.717, 1.165) is 32.0 Å². The van der Waals surface area contributed by atoms with Crippen molar-refractivity contribution in [3.05, 3.63) is 6.33 Å². The van der Waals surface area contributed by atoms with E-state index in [2.05, 4.69) is 25.2 Å². The molecule has 168 valence electrons. The van der Waals surface area contributed by atoms with Gasteiger partial charge in [-0.1, -0.05) is 0 Å². The minimum absolute atomic E-state index is 0.112. The summed E-state index contributed by atoms with van der Waals surface area (Å²) in [5.74, 6) is 0.956. The van der Waals surface area contributed by atoms with Crippen LogP contribution in [0.3, 0.4) is 0 Å². The van der Waals surface area contributed by atoms with E-state index in [4.69, 9.17) is 19.5 Å². The molecule has 3 heterocycles. The third-order valence-corrected chi connectivity index (χ3v) is 6.33. The van der Waals surface area contributed by atoms with Crippen LogP contribution in [0, 0.1) is 0 Å². The molecule has 0 unspecified atom stereocenters. The van der Waals surface area contributed by atoms with Crippen LogP contribution in [0.4, 0.5) is 11.8 Å². The summed E-state index contributed by atoms with van der Waals surface area (Å²) in [6.07, 6.45) is 1.14. The summed E-state index contributed by atoms with van der Waals surface area (Å²) in [5, 5.41) is 3.32. The zero-order valence-corrected chi connectivity index (χ0v) is 19.0. The number of hydrogen-bond acceptors (Lipinski definition) is 10. The highest BCUT2D eigenvalue weighted by Crippen LogP contribution is 2.50. The van der Waals surface area contributed by atoms with Crippen LogP contribution < -0.4 is 16.0 Å². The topological polar surface area (TPSA) is 130 Å². The fraction of sp³-hybridized carbons (Fsp3) is 0.722. The number of ether oxygens (including phenoxy) is 1. The molecule has 1 saturated heterocycles. The molecule has 1 fully saturated rings. The van der Waals surface area contributed by atoms with Gasteiger partial charge in [-0.25, -0.2) is 4.98 Å². The molecule has 0 radical (unpaired) electrons. The largest absolute Gasteiger partial charge is 0.368 e. The van der Waals surface area contributed by atoms with Crippen LogP contribution >= 0.6 is 7.60 Å². The van der Waals surface area contributed by atoms with Crippen LogP contribution in [0.15, 0.2) is 6.33 Å². The maximum absolute atomic E-state index is 12.8. The van der Waals surface area contributed by atoms with Crippen molar-refractivity contribution in [1.29, 1.82) is 0 Å². The third kappa shape index (κ3) is 5.89. The van der Waals surface area contributed by atoms with Gasteiger partial charge in [-0.15, -0.1) is 0 Å². The molecule has 1 aliphatic rings. The Morgan fingerprint density at radius 3 is 2.47 bits per heavy atom. The first kappa shape index (κ1) is 22.9. The first-order valence-corrected chi connectivity index (χ1v) is 12.0. The Morgan fingerprint density at radius 1 is 1.17 bits per heavy atom. The fourth-order valence-corrected chi connectivity index (χ4v) is 5.08. The lowest BCUT2D eigenvalue weighted by atomic mass is 10.3. The van der Waals surface area contributed by atoms with Gasteiger partial charge in [-0.3, -0.25) is 4.57 Å². The number of rotatable bonds is 10. The van der Waals surface area contributed by atoms with Crippen LogP contribution in [-0.2, 0) is 24.9 Å². The Balaban J connectivity index is 1.66. The Labute approximate surface area is 176 Å². The predicted molar refractivity (Wildman–Crippen MR) is 116 cm³/mol. The van der Waals surface area contributed by atoms with Crippen molar-refractivity contribution >= 4 is 30.5 Å². The number of aromatic nitrogens is 4. The molecule has 2 aromatic rings. The molecule has 0 bridgehead atoms. The maximum Gasteiger partial charge on any atom is 0.356 e. The molecule has 0 atom stereocenters. The summed E-state index contributed by atoms with van der Waals surface area (Å²) in [6.45, 7) is 11.5. The maximum atomic E-state index is 12.8. The molecule has 12 heteroatoms. The molecule has 1 aliphatic heterocycles. The molecule has 3 rings (SSSR count). The molecule has 0 amide bonds. The number of nitrogens with one attached hydrogen (secondary N) is 1. The van der Waals surface area contributed by atoms with E-state index in [0.29, 0.717) is 24.3 Å². The highest BCUT2D eigenvalue weighted by molar-refractivity contribution is 7.53. The van der Waals surface area contributed by atoms with Gasteiger partial charge in [0, 0.05) is 32.7 Å². The molecule has 0 saturated carbocycles. The normalized spacial score (nSPS) is 15.6. The summed E-state index contributed by atoms with van der Waals surface area (Å²) in [6, 6.07) is 0. The molecule has 0 aromatic carbocycles. The lowest BCUT2D eigenvalue weighted by Crippen LogP contribution is -2.44. The molecule has 0 aliphatic carbocycles. The second-order valence-corrected chi connectivity index (χ2v) is 9.61. The van der Waals surface area contributed by atoms with Crippen LogP contribution in [0.2, 0.25) is 0 Å². The second-order valence-electron chi connectivity index (χ2n) is 7.71. The highest BCUT2D eigenvalue weighted by Gasteiger charge is 2.28. The molecule has 11 nitrogen and oxygen atoms in total. The summed E-state index contributed by atoms with van der Waals surface area (Å²) in [4.78, 5) is 15.4. The molecule has 2 aromatic heterocycles. The van der Waals surface area contributed by atoms with E-state index in [-0.39, 0.29) is 24.5 Å². The summed E-state index contributed by atoms with van der Waals surface area (Å²) in [5.41, 5.74) is 7.32. The lowest BCUT2D eigenvalue weighted by molar-refractivity contribution is 0.0961. The van der Waals surface area contributed by atoms with E-state index >= 15 is 0 Å². The van der Waals surface area contributed by atoms with E-state index in [9.17, 15) is 4.57 Å². The van der Waals surface area contributed by atoms with Gasteiger partial charge < -0.3 is 34.3 Å². The third-order valence-electron chi connectivity index (χ3n) is 4.35. The number of nitrogen functional groups attached to an aromatic ring is 1. The fourth-order valence-electron chi connectivity index (χ4n) is 3.27.